The van der Waals surface area contributed by atoms with Crippen LogP contribution in [0.15, 0.2) is 59.3 Å². The van der Waals surface area contributed by atoms with Gasteiger partial charge in [-0.1, -0.05) is 37.3 Å². The molecule has 0 radical (unpaired) electrons. The van der Waals surface area contributed by atoms with Gasteiger partial charge in [-0.15, -0.1) is 10.2 Å². The second-order valence-corrected chi connectivity index (χ2v) is 5.18. The Labute approximate surface area is 133 Å². The highest BCUT2D eigenvalue weighted by atomic mass is 16.4. The molecule has 0 aliphatic heterocycles. The highest BCUT2D eigenvalue weighted by molar-refractivity contribution is 5.89. The third-order valence-corrected chi connectivity index (χ3v) is 3.47. The third kappa shape index (κ3) is 3.60. The topological polar surface area (TPSA) is 80.9 Å². The van der Waals surface area contributed by atoms with Crippen molar-refractivity contribution in [1.82, 2.24) is 20.5 Å². The van der Waals surface area contributed by atoms with Crippen molar-refractivity contribution >= 4 is 5.91 Å². The predicted octanol–water partition coefficient (Wildman–Crippen LogP) is 2.67. The molecule has 0 bridgehead atoms. The smallest absolute Gasteiger partial charge is 0.308 e. The van der Waals surface area contributed by atoms with Gasteiger partial charge in [0.05, 0.1) is 5.56 Å². The number of carbonyl (C=O) groups is 1. The third-order valence-electron chi connectivity index (χ3n) is 3.47. The quantitative estimate of drug-likeness (QED) is 0.783. The van der Waals surface area contributed by atoms with E-state index in [9.17, 15) is 4.79 Å². The molecule has 1 unspecified atom stereocenters. The number of hydrogen-bond acceptors (Lipinski definition) is 5. The van der Waals surface area contributed by atoms with E-state index in [1.807, 2.05) is 37.3 Å². The maximum absolute atomic E-state index is 12.1. The average Bonchev–Trinajstić information content (AvgIpc) is 3.11. The van der Waals surface area contributed by atoms with Gasteiger partial charge in [0.2, 0.25) is 5.89 Å². The SMILES string of the molecule is CC(CNC(=O)c1nnc(-c2cccnc2)o1)c1ccccc1. The van der Waals surface area contributed by atoms with E-state index in [0.717, 1.165) is 5.56 Å². The lowest BCUT2D eigenvalue weighted by Gasteiger charge is -2.11. The molecule has 1 atom stereocenters. The minimum absolute atomic E-state index is 0.0517. The maximum atomic E-state index is 12.1. The first kappa shape index (κ1) is 14.9. The Morgan fingerprint density at radius 2 is 2.00 bits per heavy atom. The van der Waals surface area contributed by atoms with E-state index in [2.05, 4.69) is 20.5 Å². The lowest BCUT2D eigenvalue weighted by molar-refractivity contribution is 0.0917. The number of hydrogen-bond donors (Lipinski definition) is 1. The van der Waals surface area contributed by atoms with Gasteiger partial charge in [-0.3, -0.25) is 9.78 Å². The maximum Gasteiger partial charge on any atom is 0.308 e. The number of nitrogens with one attached hydrogen (secondary N) is 1. The molecule has 0 saturated carbocycles. The number of carbonyl (C=O) groups excluding carboxylic acids is 1. The van der Waals surface area contributed by atoms with Crippen LogP contribution in [0.5, 0.6) is 0 Å². The van der Waals surface area contributed by atoms with Gasteiger partial charge in [-0.05, 0) is 23.6 Å². The van der Waals surface area contributed by atoms with Crippen molar-refractivity contribution in [3.8, 4) is 11.5 Å². The molecular weight excluding hydrogens is 292 g/mol. The first-order valence-corrected chi connectivity index (χ1v) is 7.31. The first-order valence-electron chi connectivity index (χ1n) is 7.31. The van der Waals surface area contributed by atoms with Crippen LogP contribution in [-0.2, 0) is 0 Å². The second kappa shape index (κ2) is 6.83. The van der Waals surface area contributed by atoms with Crippen molar-refractivity contribution < 1.29 is 9.21 Å². The van der Waals surface area contributed by atoms with Crippen molar-refractivity contribution in [2.24, 2.45) is 0 Å². The van der Waals surface area contributed by atoms with Crippen LogP contribution in [-0.4, -0.2) is 27.6 Å². The van der Waals surface area contributed by atoms with E-state index in [4.69, 9.17) is 4.42 Å². The number of benzene rings is 1. The minimum atomic E-state index is -0.379. The Morgan fingerprint density at radius 1 is 1.17 bits per heavy atom. The van der Waals surface area contributed by atoms with E-state index < -0.39 is 0 Å². The van der Waals surface area contributed by atoms with Crippen LogP contribution in [0.2, 0.25) is 0 Å². The van der Waals surface area contributed by atoms with E-state index >= 15 is 0 Å². The van der Waals surface area contributed by atoms with Crippen LogP contribution in [0.3, 0.4) is 0 Å². The summed E-state index contributed by atoms with van der Waals surface area (Å²) >= 11 is 0. The van der Waals surface area contributed by atoms with Gasteiger partial charge in [-0.25, -0.2) is 0 Å². The lowest BCUT2D eigenvalue weighted by Crippen LogP contribution is -2.27. The van der Waals surface area contributed by atoms with Gasteiger partial charge < -0.3 is 9.73 Å². The Morgan fingerprint density at radius 3 is 2.74 bits per heavy atom. The van der Waals surface area contributed by atoms with Gasteiger partial charge in [0.25, 0.3) is 0 Å². The minimum Gasteiger partial charge on any atom is -0.412 e. The van der Waals surface area contributed by atoms with Crippen molar-refractivity contribution in [2.75, 3.05) is 6.54 Å². The normalized spacial score (nSPS) is 11.9. The van der Waals surface area contributed by atoms with Gasteiger partial charge in [0.1, 0.15) is 0 Å². The Hall–Kier alpha value is -3.02. The highest BCUT2D eigenvalue weighted by Gasteiger charge is 2.16. The zero-order valence-corrected chi connectivity index (χ0v) is 12.6. The standard InChI is InChI=1S/C17H16N4O2/c1-12(13-6-3-2-4-7-13)10-19-15(22)17-21-20-16(23-17)14-8-5-9-18-11-14/h2-9,11-12H,10H2,1H3,(H,19,22). The Bertz CT molecular complexity index is 772. The Balaban J connectivity index is 1.62. The lowest BCUT2D eigenvalue weighted by atomic mass is 10.0. The first-order chi connectivity index (χ1) is 11.2. The summed E-state index contributed by atoms with van der Waals surface area (Å²) in [4.78, 5) is 16.1. The van der Waals surface area contributed by atoms with Gasteiger partial charge in [-0.2, -0.15) is 0 Å². The van der Waals surface area contributed by atoms with E-state index in [-0.39, 0.29) is 23.6 Å². The second-order valence-electron chi connectivity index (χ2n) is 5.18. The number of rotatable bonds is 5. The number of pyridine rings is 1. The zero-order chi connectivity index (χ0) is 16.1. The van der Waals surface area contributed by atoms with Gasteiger partial charge >= 0.3 is 11.8 Å². The van der Waals surface area contributed by atoms with Crippen molar-refractivity contribution in [2.45, 2.75) is 12.8 Å². The van der Waals surface area contributed by atoms with Crippen LogP contribution in [0.1, 0.15) is 29.1 Å². The monoisotopic (exact) mass is 308 g/mol. The molecule has 0 aliphatic rings. The van der Waals surface area contributed by atoms with Crippen LogP contribution in [0.25, 0.3) is 11.5 Å². The highest BCUT2D eigenvalue weighted by Crippen LogP contribution is 2.16. The summed E-state index contributed by atoms with van der Waals surface area (Å²) in [7, 11) is 0. The van der Waals surface area contributed by atoms with Crippen LogP contribution in [0, 0.1) is 0 Å². The molecule has 0 spiro atoms. The number of aromatic nitrogens is 3. The molecule has 1 N–H and O–H groups in total. The molecule has 1 aromatic carbocycles. The van der Waals surface area contributed by atoms with Crippen molar-refractivity contribution in [3.63, 3.8) is 0 Å². The molecule has 2 heterocycles. The number of nitrogens with zero attached hydrogens (tertiary/aromatic N) is 3. The van der Waals surface area contributed by atoms with Crippen LogP contribution in [0.4, 0.5) is 0 Å². The van der Waals surface area contributed by atoms with E-state index in [1.165, 1.54) is 0 Å². The molecule has 0 fully saturated rings. The molecule has 1 amide bonds. The summed E-state index contributed by atoms with van der Waals surface area (Å²) < 4.78 is 5.40. The van der Waals surface area contributed by atoms with Crippen molar-refractivity contribution in [1.29, 1.82) is 0 Å². The molecule has 0 aliphatic carbocycles. The molecule has 6 nitrogen and oxygen atoms in total. The fourth-order valence-electron chi connectivity index (χ4n) is 2.14. The number of amides is 1. The Kier molecular flexibility index (Phi) is 4.42. The van der Waals surface area contributed by atoms with Gasteiger partial charge in [0.15, 0.2) is 0 Å². The fourth-order valence-corrected chi connectivity index (χ4v) is 2.14. The molecule has 23 heavy (non-hydrogen) atoms. The summed E-state index contributed by atoms with van der Waals surface area (Å²) in [6, 6.07) is 13.5. The zero-order valence-electron chi connectivity index (χ0n) is 12.6. The molecule has 116 valence electrons. The van der Waals surface area contributed by atoms with Crippen molar-refractivity contribution in [3.05, 3.63) is 66.3 Å². The molecule has 3 rings (SSSR count). The summed E-state index contributed by atoms with van der Waals surface area (Å²) in [6.45, 7) is 2.54. The van der Waals surface area contributed by atoms with Crippen LogP contribution < -0.4 is 5.32 Å². The average molecular weight is 308 g/mol. The summed E-state index contributed by atoms with van der Waals surface area (Å²) in [6.07, 6.45) is 3.26. The molecule has 3 aromatic rings. The molecule has 6 heteroatoms. The summed E-state index contributed by atoms with van der Waals surface area (Å²) in [5.74, 6) is 0.0414. The predicted molar refractivity (Wildman–Crippen MR) is 84.7 cm³/mol. The largest absolute Gasteiger partial charge is 0.412 e. The van der Waals surface area contributed by atoms with E-state index in [0.29, 0.717) is 12.1 Å². The molecular formula is C17H16N4O2. The van der Waals surface area contributed by atoms with E-state index in [1.54, 1.807) is 24.5 Å². The molecule has 0 saturated heterocycles. The van der Waals surface area contributed by atoms with Crippen LogP contribution >= 0.6 is 0 Å². The molecule has 2 aromatic heterocycles. The summed E-state index contributed by atoms with van der Waals surface area (Å²) in [5.41, 5.74) is 1.84. The fraction of sp³-hybridized carbons (Fsp3) is 0.176. The van der Waals surface area contributed by atoms with Gasteiger partial charge in [0, 0.05) is 18.9 Å². The summed E-state index contributed by atoms with van der Waals surface area (Å²) in [5, 5.41) is 10.5.